The summed E-state index contributed by atoms with van der Waals surface area (Å²) in [6.07, 6.45) is 6.84. The molecular weight excluding hydrogens is 354 g/mol. The van der Waals surface area contributed by atoms with Gasteiger partial charge in [-0.1, -0.05) is 59.7 Å². The third-order valence-corrected chi connectivity index (χ3v) is 5.85. The van der Waals surface area contributed by atoms with Crippen molar-refractivity contribution in [3.63, 3.8) is 0 Å². The number of Topliss-reactive ketones (excluding diaryl/α,β-unsaturated/α-hetero) is 1. The van der Waals surface area contributed by atoms with E-state index in [1.807, 2.05) is 36.4 Å². The Morgan fingerprint density at radius 1 is 0.963 bits per heavy atom. The normalized spacial score (nSPS) is 15.8. The highest BCUT2D eigenvalue weighted by Crippen LogP contribution is 2.44. The molecule has 27 heavy (non-hydrogen) atoms. The Labute approximate surface area is 163 Å². The molecule has 5 rings (SSSR count). The SMILES string of the molecule is Nc1cc(-c2ccccc2Cl)c2c3c(ccc2c1)C1=C(CCC=C1)CC3=O. The van der Waals surface area contributed by atoms with Crippen molar-refractivity contribution in [2.24, 2.45) is 0 Å². The summed E-state index contributed by atoms with van der Waals surface area (Å²) >= 11 is 6.50. The number of halogens is 1. The largest absolute Gasteiger partial charge is 0.399 e. The van der Waals surface area contributed by atoms with Crippen LogP contribution in [0.5, 0.6) is 0 Å². The lowest BCUT2D eigenvalue weighted by atomic mass is 9.77. The molecule has 0 spiro atoms. The molecule has 132 valence electrons. The number of carbonyl (C=O) groups is 1. The number of nitrogen functional groups attached to an aromatic ring is 1. The van der Waals surface area contributed by atoms with E-state index in [1.54, 1.807) is 0 Å². The number of carbonyl (C=O) groups excluding carboxylic acids is 1. The minimum atomic E-state index is 0.183. The second kappa shape index (κ2) is 6.11. The Hall–Kier alpha value is -2.84. The molecular formula is C24H18ClNO. The number of fused-ring (bicyclic) bond motifs is 4. The van der Waals surface area contributed by atoms with Gasteiger partial charge in [-0.25, -0.2) is 0 Å². The van der Waals surface area contributed by atoms with Crippen molar-refractivity contribution in [3.05, 3.63) is 82.4 Å². The van der Waals surface area contributed by atoms with Gasteiger partial charge in [0.05, 0.1) is 0 Å². The highest BCUT2D eigenvalue weighted by Gasteiger charge is 2.28. The van der Waals surface area contributed by atoms with Crippen LogP contribution >= 0.6 is 11.6 Å². The molecule has 0 saturated carbocycles. The molecule has 0 amide bonds. The van der Waals surface area contributed by atoms with Crippen molar-refractivity contribution in [1.29, 1.82) is 0 Å². The fourth-order valence-corrected chi connectivity index (χ4v) is 4.59. The Kier molecular flexibility index (Phi) is 3.70. The van der Waals surface area contributed by atoms with Gasteiger partial charge in [0.15, 0.2) is 5.78 Å². The third-order valence-electron chi connectivity index (χ3n) is 5.53. The van der Waals surface area contributed by atoms with Gasteiger partial charge in [-0.15, -0.1) is 0 Å². The van der Waals surface area contributed by atoms with E-state index >= 15 is 0 Å². The highest BCUT2D eigenvalue weighted by atomic mass is 35.5. The van der Waals surface area contributed by atoms with Gasteiger partial charge < -0.3 is 5.73 Å². The van der Waals surface area contributed by atoms with E-state index < -0.39 is 0 Å². The van der Waals surface area contributed by atoms with Crippen molar-refractivity contribution in [3.8, 4) is 11.1 Å². The van der Waals surface area contributed by atoms with E-state index in [-0.39, 0.29) is 5.78 Å². The highest BCUT2D eigenvalue weighted by molar-refractivity contribution is 6.34. The molecule has 2 aliphatic rings. The van der Waals surface area contributed by atoms with Crippen molar-refractivity contribution in [2.75, 3.05) is 5.73 Å². The number of anilines is 1. The summed E-state index contributed by atoms with van der Waals surface area (Å²) in [7, 11) is 0. The average molecular weight is 372 g/mol. The lowest BCUT2D eigenvalue weighted by Crippen LogP contribution is -2.14. The van der Waals surface area contributed by atoms with Crippen LogP contribution in [0.4, 0.5) is 5.69 Å². The predicted molar refractivity (Wildman–Crippen MR) is 113 cm³/mol. The number of ketones is 1. The topological polar surface area (TPSA) is 43.1 Å². The summed E-state index contributed by atoms with van der Waals surface area (Å²) in [6.45, 7) is 0. The van der Waals surface area contributed by atoms with Crippen LogP contribution < -0.4 is 5.73 Å². The standard InChI is InChI=1S/C24H18ClNO/c25-21-8-4-3-7-18(21)20-13-16(26)11-15-9-10-19-17-6-2-1-5-14(17)12-22(27)24(19)23(15)20/h2-4,6-11,13H,1,5,12,26H2. The molecule has 0 radical (unpaired) electrons. The summed E-state index contributed by atoms with van der Waals surface area (Å²) in [5, 5.41) is 2.58. The Balaban J connectivity index is 1.91. The molecule has 3 aromatic rings. The van der Waals surface area contributed by atoms with Crippen LogP contribution in [-0.2, 0) is 0 Å². The summed E-state index contributed by atoms with van der Waals surface area (Å²) in [4.78, 5) is 13.2. The zero-order valence-electron chi connectivity index (χ0n) is 14.8. The molecule has 0 aliphatic heterocycles. The van der Waals surface area contributed by atoms with E-state index in [9.17, 15) is 4.79 Å². The fraction of sp³-hybridized carbons (Fsp3) is 0.125. The first-order valence-corrected chi connectivity index (χ1v) is 9.54. The van der Waals surface area contributed by atoms with Crippen LogP contribution in [0.3, 0.4) is 0 Å². The maximum atomic E-state index is 13.2. The van der Waals surface area contributed by atoms with Gasteiger partial charge in [0.25, 0.3) is 0 Å². The van der Waals surface area contributed by atoms with E-state index in [1.165, 1.54) is 11.1 Å². The molecule has 0 aromatic heterocycles. The molecule has 3 heteroatoms. The van der Waals surface area contributed by atoms with Crippen molar-refractivity contribution in [1.82, 2.24) is 0 Å². The molecule has 0 atom stereocenters. The van der Waals surface area contributed by atoms with Gasteiger partial charge in [-0.3, -0.25) is 4.79 Å². The van der Waals surface area contributed by atoms with Crippen LogP contribution in [-0.4, -0.2) is 5.78 Å². The summed E-state index contributed by atoms with van der Waals surface area (Å²) < 4.78 is 0. The van der Waals surface area contributed by atoms with Crippen molar-refractivity contribution >= 4 is 39.4 Å². The lowest BCUT2D eigenvalue weighted by Gasteiger charge is -2.25. The van der Waals surface area contributed by atoms with Crippen LogP contribution in [0.15, 0.2) is 66.3 Å². The van der Waals surface area contributed by atoms with E-state index in [0.29, 0.717) is 17.1 Å². The van der Waals surface area contributed by atoms with Gasteiger partial charge in [-0.05, 0) is 53.1 Å². The minimum absolute atomic E-state index is 0.183. The molecule has 0 fully saturated rings. The first kappa shape index (κ1) is 16.3. The van der Waals surface area contributed by atoms with Crippen LogP contribution in [0, 0.1) is 0 Å². The zero-order chi connectivity index (χ0) is 18.5. The maximum Gasteiger partial charge on any atom is 0.168 e. The second-order valence-corrected chi connectivity index (χ2v) is 7.60. The minimum Gasteiger partial charge on any atom is -0.399 e. The molecule has 0 saturated heterocycles. The quantitative estimate of drug-likeness (QED) is 0.500. The summed E-state index contributed by atoms with van der Waals surface area (Å²) in [6, 6.07) is 15.7. The van der Waals surface area contributed by atoms with Gasteiger partial charge >= 0.3 is 0 Å². The van der Waals surface area contributed by atoms with Gasteiger partial charge in [0.1, 0.15) is 0 Å². The number of allylic oxidation sites excluding steroid dienone is 4. The number of rotatable bonds is 1. The number of hydrogen-bond acceptors (Lipinski definition) is 2. The van der Waals surface area contributed by atoms with E-state index in [4.69, 9.17) is 17.3 Å². The average Bonchev–Trinajstić information content (AvgIpc) is 2.67. The van der Waals surface area contributed by atoms with Crippen molar-refractivity contribution < 1.29 is 4.79 Å². The smallest absolute Gasteiger partial charge is 0.168 e. The molecule has 2 N–H and O–H groups in total. The summed E-state index contributed by atoms with van der Waals surface area (Å²) in [5.41, 5.74) is 13.0. The Bertz CT molecular complexity index is 1190. The van der Waals surface area contributed by atoms with Gasteiger partial charge in [0, 0.05) is 33.6 Å². The van der Waals surface area contributed by atoms with E-state index in [0.717, 1.165) is 45.9 Å². The number of nitrogens with two attached hydrogens (primary N) is 1. The van der Waals surface area contributed by atoms with Crippen molar-refractivity contribution in [2.45, 2.75) is 19.3 Å². The monoisotopic (exact) mass is 371 g/mol. The summed E-state index contributed by atoms with van der Waals surface area (Å²) in [5.74, 6) is 0.183. The molecule has 3 aromatic carbocycles. The van der Waals surface area contributed by atoms with Crippen LogP contribution in [0.2, 0.25) is 5.02 Å². The molecule has 2 aliphatic carbocycles. The third kappa shape index (κ3) is 2.52. The first-order chi connectivity index (χ1) is 13.1. The number of benzene rings is 3. The van der Waals surface area contributed by atoms with E-state index in [2.05, 4.69) is 24.3 Å². The molecule has 0 heterocycles. The fourth-order valence-electron chi connectivity index (χ4n) is 4.35. The van der Waals surface area contributed by atoms with Crippen LogP contribution in [0.25, 0.3) is 27.5 Å². The lowest BCUT2D eigenvalue weighted by molar-refractivity contribution is 0.0992. The number of hydrogen-bond donors (Lipinski definition) is 1. The molecule has 0 bridgehead atoms. The zero-order valence-corrected chi connectivity index (χ0v) is 15.5. The first-order valence-electron chi connectivity index (χ1n) is 9.17. The van der Waals surface area contributed by atoms with Gasteiger partial charge in [0.2, 0.25) is 0 Å². The second-order valence-electron chi connectivity index (χ2n) is 7.19. The Morgan fingerprint density at radius 2 is 1.81 bits per heavy atom. The predicted octanol–water partition coefficient (Wildman–Crippen LogP) is 6.43. The maximum absolute atomic E-state index is 13.2. The molecule has 2 nitrogen and oxygen atoms in total. The van der Waals surface area contributed by atoms with Gasteiger partial charge in [-0.2, -0.15) is 0 Å². The molecule has 0 unspecified atom stereocenters. The van der Waals surface area contributed by atoms with Crippen LogP contribution in [0.1, 0.15) is 35.2 Å². The Morgan fingerprint density at radius 3 is 2.67 bits per heavy atom.